The van der Waals surface area contributed by atoms with Crippen LogP contribution in [-0.2, 0) is 10.8 Å². The molecule has 95 heavy (non-hydrogen) atoms. The largest absolute Gasteiger partial charge is 0.311 e. The first kappa shape index (κ1) is 40.6. The monoisotopic (exact) mass is 1240 g/mol. The SMILES string of the molecule is [2H]c1c([2H])c([2H])c(-c2ccc3c(c2)N(c2cc(-c4ccccc4)cc(-c4cc(C([2H])([2H])[2H])cc(C([2H])([2H])[2H])c4)c2)c2cc(-c4cc(C(C)(C)C)cc(C(C)(C)C)c4)cc4c2B3c2ccc(-n3c5c([2H])c([2H])c([2H])c([2H])c5c5c([2H])c([2H])c([2H])c([2H])c53)cc2N4c2cccc(-n3c4ccccc4c4ccccc43)c2C#N)c([2H])c1[2H]. The van der Waals surface area contributed by atoms with Crippen molar-refractivity contribution in [3.8, 4) is 62.0 Å². The van der Waals surface area contributed by atoms with Gasteiger partial charge in [0.05, 0.1) is 51.3 Å². The van der Waals surface area contributed by atoms with Gasteiger partial charge in [0.25, 0.3) is 6.71 Å². The van der Waals surface area contributed by atoms with Crippen LogP contribution in [0.3, 0.4) is 0 Å². The number of aryl methyl sites for hydroxylation is 2. The zero-order chi connectivity index (χ0) is 80.9. The Morgan fingerprint density at radius 3 is 1.52 bits per heavy atom. The van der Waals surface area contributed by atoms with Crippen molar-refractivity contribution in [3.05, 3.63) is 307 Å². The number of benzene rings is 13. The molecule has 0 bridgehead atoms. The molecule has 6 heteroatoms. The topological polar surface area (TPSA) is 40.1 Å². The number of hydrogen-bond acceptors (Lipinski definition) is 3. The van der Waals surface area contributed by atoms with Gasteiger partial charge >= 0.3 is 0 Å². The van der Waals surface area contributed by atoms with E-state index in [1.54, 1.807) is 18.2 Å². The quantitative estimate of drug-likeness (QED) is 0.142. The van der Waals surface area contributed by atoms with Crippen molar-refractivity contribution in [3.63, 3.8) is 0 Å². The van der Waals surface area contributed by atoms with Crippen molar-refractivity contribution < 1.29 is 26.0 Å². The molecule has 2 aliphatic rings. The fourth-order valence-corrected chi connectivity index (χ4v) is 14.4. The van der Waals surface area contributed by atoms with Gasteiger partial charge in [-0.2, -0.15) is 5.26 Å². The maximum absolute atomic E-state index is 12.5. The maximum atomic E-state index is 12.5. The maximum Gasteiger partial charge on any atom is 0.252 e. The fourth-order valence-electron chi connectivity index (χ4n) is 14.4. The number of para-hydroxylation sites is 4. The molecule has 4 heterocycles. The summed E-state index contributed by atoms with van der Waals surface area (Å²) in [6, 6.07) is 58.1. The Balaban J connectivity index is 1.08. The highest BCUT2D eigenvalue weighted by atomic mass is 15.2. The van der Waals surface area contributed by atoms with Crippen molar-refractivity contribution >= 4 is 101 Å². The van der Waals surface area contributed by atoms with E-state index in [0.29, 0.717) is 72.9 Å². The smallest absolute Gasteiger partial charge is 0.252 e. The summed E-state index contributed by atoms with van der Waals surface area (Å²) in [6.45, 7) is 6.51. The predicted molar refractivity (Wildman–Crippen MR) is 402 cm³/mol. The van der Waals surface area contributed by atoms with Crippen molar-refractivity contribution in [2.24, 2.45) is 0 Å². The van der Waals surface area contributed by atoms with Gasteiger partial charge in [-0.05, 0) is 181 Å². The Bertz CT molecular complexity index is 6530. The molecule has 0 saturated carbocycles. The lowest BCUT2D eigenvalue weighted by Crippen LogP contribution is -2.61. The molecule has 15 aromatic rings. The predicted octanol–water partition coefficient (Wildman–Crippen LogP) is 21.7. The third-order valence-electron chi connectivity index (χ3n) is 18.9. The molecule has 13 aromatic carbocycles. The highest BCUT2D eigenvalue weighted by Gasteiger charge is 2.45. The van der Waals surface area contributed by atoms with Crippen molar-refractivity contribution in [2.75, 3.05) is 9.80 Å². The first-order valence-electron chi connectivity index (χ1n) is 41.2. The summed E-state index contributed by atoms with van der Waals surface area (Å²) >= 11 is 0. The molecule has 0 spiro atoms. The van der Waals surface area contributed by atoms with Crippen molar-refractivity contribution in [1.82, 2.24) is 9.13 Å². The van der Waals surface area contributed by atoms with E-state index in [1.165, 1.54) is 22.8 Å². The van der Waals surface area contributed by atoms with Crippen LogP contribution in [-0.4, -0.2) is 15.8 Å². The van der Waals surface area contributed by atoms with Gasteiger partial charge in [-0.1, -0.05) is 247 Å². The molecule has 2 aromatic heterocycles. The lowest BCUT2D eigenvalue weighted by atomic mass is 9.33. The van der Waals surface area contributed by atoms with Gasteiger partial charge in [0.2, 0.25) is 0 Å². The molecule has 0 aliphatic carbocycles. The second-order valence-electron chi connectivity index (χ2n) is 26.7. The first-order valence-corrected chi connectivity index (χ1v) is 31.7. The van der Waals surface area contributed by atoms with Crippen LogP contribution in [0.4, 0.5) is 34.1 Å². The summed E-state index contributed by atoms with van der Waals surface area (Å²) < 4.78 is 177. The van der Waals surface area contributed by atoms with E-state index < -0.39 is 110 Å². The van der Waals surface area contributed by atoms with Gasteiger partial charge in [0, 0.05) is 63.9 Å². The van der Waals surface area contributed by atoms with E-state index in [9.17, 15) is 16.2 Å². The second-order valence-corrected chi connectivity index (χ2v) is 26.7. The third kappa shape index (κ3) is 9.43. The van der Waals surface area contributed by atoms with Crippen molar-refractivity contribution in [2.45, 2.75) is 66.1 Å². The molecule has 0 radical (unpaired) electrons. The Morgan fingerprint density at radius 2 is 0.884 bits per heavy atom. The average molecular weight is 1240 g/mol. The van der Waals surface area contributed by atoms with E-state index in [-0.39, 0.29) is 60.9 Å². The highest BCUT2D eigenvalue weighted by Crippen LogP contribution is 2.51. The van der Waals surface area contributed by atoms with Crippen LogP contribution in [0.2, 0.25) is 0 Å². The van der Waals surface area contributed by atoms with Crippen LogP contribution >= 0.6 is 0 Å². The van der Waals surface area contributed by atoms with Gasteiger partial charge in [-0.3, -0.25) is 0 Å². The molecular weight excluding hydrogens is 1150 g/mol. The molecule has 454 valence electrons. The van der Waals surface area contributed by atoms with Crippen LogP contribution in [0, 0.1) is 25.0 Å². The number of anilines is 6. The molecular formula is C89H70BN5. The number of hydrogen-bond donors (Lipinski definition) is 0. The summed E-state index contributed by atoms with van der Waals surface area (Å²) in [7, 11) is 0. The minimum atomic E-state index is -2.75. The van der Waals surface area contributed by atoms with Gasteiger partial charge in [-0.15, -0.1) is 0 Å². The number of nitriles is 1. The van der Waals surface area contributed by atoms with Gasteiger partial charge in [0.1, 0.15) is 11.6 Å². The first-order chi connectivity index (χ1) is 54.0. The number of rotatable bonds is 8. The van der Waals surface area contributed by atoms with E-state index in [4.69, 9.17) is 15.1 Å². The van der Waals surface area contributed by atoms with E-state index in [2.05, 4.69) is 87.4 Å². The number of nitrogens with zero attached hydrogens (tertiary/aromatic N) is 5. The van der Waals surface area contributed by atoms with Crippen LogP contribution in [0.1, 0.15) is 95.4 Å². The third-order valence-corrected chi connectivity index (χ3v) is 18.9. The normalized spacial score (nSPS) is 15.9. The zero-order valence-electron chi connectivity index (χ0n) is 71.9. The summed E-state index contributed by atoms with van der Waals surface area (Å²) in [6.07, 6.45) is 0. The summed E-state index contributed by atoms with van der Waals surface area (Å²) in [5, 5.41) is 14.1. The highest BCUT2D eigenvalue weighted by molar-refractivity contribution is 7.00. The van der Waals surface area contributed by atoms with Gasteiger partial charge < -0.3 is 18.9 Å². The van der Waals surface area contributed by atoms with E-state index >= 15 is 0 Å². The lowest BCUT2D eigenvalue weighted by Gasteiger charge is -2.45. The Morgan fingerprint density at radius 1 is 0.358 bits per heavy atom. The molecule has 0 N–H and O–H groups in total. The Kier molecular flexibility index (Phi) is 9.34. The molecule has 2 aliphatic heterocycles. The molecule has 0 amide bonds. The molecule has 0 fully saturated rings. The molecule has 5 nitrogen and oxygen atoms in total. The van der Waals surface area contributed by atoms with E-state index in [1.807, 2.05) is 138 Å². The fraction of sp³-hybridized carbons (Fsp3) is 0.112. The lowest BCUT2D eigenvalue weighted by molar-refractivity contribution is 0.569. The summed E-state index contributed by atoms with van der Waals surface area (Å²) in [5.74, 6) is 0. The number of fused-ring (bicyclic) bond motifs is 10. The van der Waals surface area contributed by atoms with E-state index in [0.717, 1.165) is 44.1 Å². The number of aromatic nitrogens is 2. The Labute approximate surface area is 583 Å². The molecule has 0 atom stereocenters. The van der Waals surface area contributed by atoms with Crippen LogP contribution in [0.25, 0.3) is 99.5 Å². The molecule has 0 unspecified atom stereocenters. The average Bonchev–Trinajstić information content (AvgIpc) is 0.972. The standard InChI is InChI=1S/C89H70BN5/c1-56-42-57(2)44-61(43-56)63-45-62(59-26-13-10-14-27-59)48-69(49-63)93-83-50-60(58-24-11-9-12-25-58)38-40-75(83)90-76-41-39-68(92-77-32-19-15-28-70(77)71-29-16-20-33-78(71)92)54-84(76)95(86-52-65(51-85(93)87(86)90)64-46-66(88(3,4)5)53-67(47-64)89(6,7)8)82-37-23-36-81(74(82)55-91)94-79-34-21-17-30-72(79)73-31-18-22-35-80(73)94/h9-54H,1-8H3/i1D3,2D3,9D,11D,12D,15D,16D,19D,20D,24D,25D,28D,29D,32D,33D. The zero-order valence-corrected chi connectivity index (χ0v) is 52.9. The Hall–Kier alpha value is -11.4. The molecule has 17 rings (SSSR count). The van der Waals surface area contributed by atoms with Crippen molar-refractivity contribution in [1.29, 1.82) is 5.26 Å². The second kappa shape index (κ2) is 21.9. The minimum absolute atomic E-state index is 0.0933. The van der Waals surface area contributed by atoms with Gasteiger partial charge in [0.15, 0.2) is 0 Å². The van der Waals surface area contributed by atoms with Crippen LogP contribution in [0.5, 0.6) is 0 Å². The van der Waals surface area contributed by atoms with Crippen LogP contribution < -0.4 is 26.2 Å². The summed E-state index contributed by atoms with van der Waals surface area (Å²) in [4.78, 5) is 4.08. The summed E-state index contributed by atoms with van der Waals surface area (Å²) in [5.41, 5.74) is 11.4. The minimum Gasteiger partial charge on any atom is -0.311 e. The van der Waals surface area contributed by atoms with Crippen LogP contribution in [0.15, 0.2) is 279 Å². The van der Waals surface area contributed by atoms with Gasteiger partial charge in [-0.25, -0.2) is 0 Å². The molecule has 0 saturated heterocycles.